The zero-order valence-corrected chi connectivity index (χ0v) is 13.0. The summed E-state index contributed by atoms with van der Waals surface area (Å²) in [6.45, 7) is 13.8. The van der Waals surface area contributed by atoms with Crippen molar-refractivity contribution in [3.05, 3.63) is 0 Å². The average molecular weight is 258 g/mol. The minimum atomic E-state index is -1.73. The summed E-state index contributed by atoms with van der Waals surface area (Å²) in [7, 11) is -1.73. The van der Waals surface area contributed by atoms with E-state index in [0.717, 1.165) is 6.42 Å². The Kier molecular flexibility index (Phi) is 4.41. The summed E-state index contributed by atoms with van der Waals surface area (Å²) in [4.78, 5) is 11.3. The van der Waals surface area contributed by atoms with Crippen LogP contribution in [-0.4, -0.2) is 27.0 Å². The van der Waals surface area contributed by atoms with Gasteiger partial charge >= 0.3 is 5.97 Å². The Bertz CT molecular complexity index is 281. The van der Waals surface area contributed by atoms with Crippen molar-refractivity contribution >= 4 is 14.3 Å². The van der Waals surface area contributed by atoms with E-state index < -0.39 is 8.32 Å². The van der Waals surface area contributed by atoms with E-state index in [9.17, 15) is 4.79 Å². The molecule has 1 aliphatic heterocycles. The molecule has 1 rings (SSSR count). The van der Waals surface area contributed by atoms with Crippen molar-refractivity contribution in [1.29, 1.82) is 0 Å². The number of cyclic esters (lactones) is 1. The molecule has 1 saturated heterocycles. The highest BCUT2D eigenvalue weighted by atomic mass is 28.4. The second-order valence-electron chi connectivity index (χ2n) is 6.47. The number of rotatable bonds is 4. The number of esters is 1. The van der Waals surface area contributed by atoms with E-state index in [0.29, 0.717) is 18.9 Å². The van der Waals surface area contributed by atoms with Crippen LogP contribution < -0.4 is 0 Å². The van der Waals surface area contributed by atoms with E-state index >= 15 is 0 Å². The lowest BCUT2D eigenvalue weighted by molar-refractivity contribution is -0.142. The maximum Gasteiger partial charge on any atom is 0.306 e. The molecule has 17 heavy (non-hydrogen) atoms. The van der Waals surface area contributed by atoms with Gasteiger partial charge in [0.05, 0.1) is 13.0 Å². The Labute approximate surface area is 106 Å². The van der Waals surface area contributed by atoms with Crippen LogP contribution in [0, 0.1) is 5.92 Å². The molecule has 2 atom stereocenters. The van der Waals surface area contributed by atoms with Crippen molar-refractivity contribution in [3.63, 3.8) is 0 Å². The fourth-order valence-electron chi connectivity index (χ4n) is 1.74. The largest absolute Gasteiger partial charge is 0.460 e. The summed E-state index contributed by atoms with van der Waals surface area (Å²) in [6.07, 6.45) is 1.51. The summed E-state index contributed by atoms with van der Waals surface area (Å²) in [5, 5.41) is 0.206. The zero-order chi connectivity index (χ0) is 13.3. The maximum absolute atomic E-state index is 11.3. The van der Waals surface area contributed by atoms with Crippen LogP contribution in [0.15, 0.2) is 0 Å². The zero-order valence-electron chi connectivity index (χ0n) is 12.0. The number of carbonyl (C=O) groups excluding carboxylic acids is 1. The topological polar surface area (TPSA) is 35.5 Å². The van der Waals surface area contributed by atoms with E-state index in [1.807, 2.05) is 0 Å². The van der Waals surface area contributed by atoms with Gasteiger partial charge in [0.1, 0.15) is 6.10 Å². The first-order chi connectivity index (χ1) is 7.67. The SMILES string of the molecule is CC[C@H]1CC(=O)O[C@@H]1CO[Si](C)(C)C(C)(C)C. The van der Waals surface area contributed by atoms with Crippen molar-refractivity contribution in [2.24, 2.45) is 5.92 Å². The van der Waals surface area contributed by atoms with Crippen LogP contribution in [0.1, 0.15) is 40.5 Å². The molecule has 0 radical (unpaired) electrons. The normalized spacial score (nSPS) is 26.1. The quantitative estimate of drug-likeness (QED) is 0.573. The molecular weight excluding hydrogens is 232 g/mol. The van der Waals surface area contributed by atoms with Gasteiger partial charge in [-0.15, -0.1) is 0 Å². The maximum atomic E-state index is 11.3. The first-order valence-electron chi connectivity index (χ1n) is 6.51. The Morgan fingerprint density at radius 3 is 2.47 bits per heavy atom. The van der Waals surface area contributed by atoms with E-state index in [1.54, 1.807) is 0 Å². The molecule has 0 aromatic rings. The van der Waals surface area contributed by atoms with Crippen molar-refractivity contribution in [1.82, 2.24) is 0 Å². The van der Waals surface area contributed by atoms with E-state index in [4.69, 9.17) is 9.16 Å². The van der Waals surface area contributed by atoms with Gasteiger partial charge in [-0.2, -0.15) is 0 Å². The third-order valence-electron chi connectivity index (χ3n) is 4.18. The summed E-state index contributed by atoms with van der Waals surface area (Å²) < 4.78 is 11.5. The highest BCUT2D eigenvalue weighted by Crippen LogP contribution is 2.37. The van der Waals surface area contributed by atoms with Gasteiger partial charge in [-0.3, -0.25) is 4.79 Å². The molecule has 0 unspecified atom stereocenters. The smallest absolute Gasteiger partial charge is 0.306 e. The van der Waals surface area contributed by atoms with Crippen molar-refractivity contribution < 1.29 is 14.0 Å². The molecule has 100 valence electrons. The monoisotopic (exact) mass is 258 g/mol. The van der Waals surface area contributed by atoms with Gasteiger partial charge in [0.2, 0.25) is 0 Å². The molecule has 0 aromatic heterocycles. The Balaban J connectivity index is 2.53. The minimum absolute atomic E-state index is 0.0263. The van der Waals surface area contributed by atoms with E-state index in [-0.39, 0.29) is 17.1 Å². The molecule has 0 aromatic carbocycles. The van der Waals surface area contributed by atoms with Gasteiger partial charge in [-0.1, -0.05) is 27.7 Å². The number of ether oxygens (including phenoxy) is 1. The molecule has 3 nitrogen and oxygen atoms in total. The fraction of sp³-hybridized carbons (Fsp3) is 0.923. The number of carbonyl (C=O) groups is 1. The second-order valence-corrected chi connectivity index (χ2v) is 11.3. The standard InChI is InChI=1S/C13H26O3Si/c1-7-10-8-12(14)16-11(10)9-15-17(5,6)13(2,3)4/h10-11H,7-9H2,1-6H3/t10-,11+/m0/s1. The van der Waals surface area contributed by atoms with Gasteiger partial charge < -0.3 is 9.16 Å². The van der Waals surface area contributed by atoms with Crippen LogP contribution >= 0.6 is 0 Å². The first-order valence-corrected chi connectivity index (χ1v) is 9.41. The molecular formula is C13H26O3Si. The predicted octanol–water partition coefficient (Wildman–Crippen LogP) is 3.35. The molecule has 0 saturated carbocycles. The number of hydrogen-bond donors (Lipinski definition) is 0. The van der Waals surface area contributed by atoms with Crippen LogP contribution in [0.3, 0.4) is 0 Å². The molecule has 1 heterocycles. The van der Waals surface area contributed by atoms with Gasteiger partial charge in [-0.25, -0.2) is 0 Å². The predicted molar refractivity (Wildman–Crippen MR) is 71.4 cm³/mol. The third kappa shape index (κ3) is 3.55. The molecule has 1 fully saturated rings. The second kappa shape index (κ2) is 5.10. The van der Waals surface area contributed by atoms with Gasteiger partial charge in [0.25, 0.3) is 0 Å². The van der Waals surface area contributed by atoms with Crippen LogP contribution in [0.2, 0.25) is 18.1 Å². The third-order valence-corrected chi connectivity index (χ3v) is 8.68. The Hall–Kier alpha value is -0.353. The fourth-order valence-corrected chi connectivity index (χ4v) is 2.76. The lowest BCUT2D eigenvalue weighted by Crippen LogP contribution is -2.43. The van der Waals surface area contributed by atoms with Crippen LogP contribution in [0.4, 0.5) is 0 Å². The molecule has 0 amide bonds. The van der Waals surface area contributed by atoms with Crippen molar-refractivity contribution in [3.8, 4) is 0 Å². The van der Waals surface area contributed by atoms with Crippen LogP contribution in [-0.2, 0) is 14.0 Å². The summed E-state index contributed by atoms with van der Waals surface area (Å²) >= 11 is 0. The summed E-state index contributed by atoms with van der Waals surface area (Å²) in [5.74, 6) is 0.271. The van der Waals surface area contributed by atoms with Crippen molar-refractivity contribution in [2.75, 3.05) is 6.61 Å². The number of hydrogen-bond acceptors (Lipinski definition) is 3. The first kappa shape index (κ1) is 14.7. The van der Waals surface area contributed by atoms with Crippen molar-refractivity contribution in [2.45, 2.75) is 64.8 Å². The summed E-state index contributed by atoms with van der Waals surface area (Å²) in [5.41, 5.74) is 0. The molecule has 4 heteroatoms. The van der Waals surface area contributed by atoms with Gasteiger partial charge in [0, 0.05) is 5.92 Å². The Morgan fingerprint density at radius 2 is 2.00 bits per heavy atom. The van der Waals surface area contributed by atoms with E-state index in [1.165, 1.54) is 0 Å². The molecule has 0 aliphatic carbocycles. The van der Waals surface area contributed by atoms with Crippen LogP contribution in [0.5, 0.6) is 0 Å². The average Bonchev–Trinajstić information content (AvgIpc) is 2.54. The lowest BCUT2D eigenvalue weighted by atomic mass is 9.99. The highest BCUT2D eigenvalue weighted by molar-refractivity contribution is 6.74. The molecule has 0 spiro atoms. The van der Waals surface area contributed by atoms with E-state index in [2.05, 4.69) is 40.8 Å². The Morgan fingerprint density at radius 1 is 1.41 bits per heavy atom. The highest BCUT2D eigenvalue weighted by Gasteiger charge is 2.40. The lowest BCUT2D eigenvalue weighted by Gasteiger charge is -2.37. The van der Waals surface area contributed by atoms with Crippen LogP contribution in [0.25, 0.3) is 0 Å². The molecule has 0 bridgehead atoms. The molecule has 1 aliphatic rings. The summed E-state index contributed by atoms with van der Waals surface area (Å²) in [6, 6.07) is 0. The minimum Gasteiger partial charge on any atom is -0.460 e. The molecule has 0 N–H and O–H groups in total. The van der Waals surface area contributed by atoms with Gasteiger partial charge in [-0.05, 0) is 24.6 Å². The van der Waals surface area contributed by atoms with Gasteiger partial charge in [0.15, 0.2) is 8.32 Å².